The molecule has 0 bridgehead atoms. The summed E-state index contributed by atoms with van der Waals surface area (Å²) in [6.07, 6.45) is -1.97. The first-order valence-corrected chi connectivity index (χ1v) is 11.8. The minimum Gasteiger partial charge on any atom is -0.505 e. The van der Waals surface area contributed by atoms with Crippen molar-refractivity contribution in [3.8, 4) is 11.5 Å². The molecule has 2 unspecified atom stereocenters. The second-order valence-electron chi connectivity index (χ2n) is 9.90. The van der Waals surface area contributed by atoms with E-state index >= 15 is 0 Å². The minimum atomic E-state index is -1.40. The van der Waals surface area contributed by atoms with Gasteiger partial charge in [-0.05, 0) is 51.7 Å². The monoisotopic (exact) mass is 491 g/mol. The maximum atomic E-state index is 12.6. The third-order valence-electron chi connectivity index (χ3n) is 6.96. The number of ether oxygens (including phenoxy) is 3. The summed E-state index contributed by atoms with van der Waals surface area (Å²) in [4.78, 5) is 25.2. The first kappa shape index (κ1) is 25.4. The molecule has 1 aromatic carbocycles. The van der Waals surface area contributed by atoms with Gasteiger partial charge in [0, 0.05) is 18.6 Å². The maximum absolute atomic E-state index is 12.6. The number of anilines is 1. The molecule has 1 aromatic heterocycles. The van der Waals surface area contributed by atoms with Crippen molar-refractivity contribution in [1.82, 2.24) is 0 Å². The first-order valence-electron chi connectivity index (χ1n) is 11.8. The highest BCUT2D eigenvalue weighted by Crippen LogP contribution is 2.43. The van der Waals surface area contributed by atoms with Gasteiger partial charge in [-0.2, -0.15) is 0 Å². The molecule has 1 aliphatic heterocycles. The number of aliphatic hydroxyl groups excluding tert-OH is 2. The second-order valence-corrected chi connectivity index (χ2v) is 9.90. The maximum Gasteiger partial charge on any atom is 0.364 e. The van der Waals surface area contributed by atoms with E-state index < -0.39 is 35.8 Å². The highest BCUT2D eigenvalue weighted by molar-refractivity contribution is 5.99. The lowest BCUT2D eigenvalue weighted by molar-refractivity contribution is -0.306. The van der Waals surface area contributed by atoms with E-state index in [1.54, 1.807) is 20.8 Å². The zero-order valence-electron chi connectivity index (χ0n) is 20.5. The topological polar surface area (TPSA) is 148 Å². The largest absolute Gasteiger partial charge is 0.505 e. The van der Waals surface area contributed by atoms with Crippen molar-refractivity contribution >= 4 is 22.6 Å². The van der Waals surface area contributed by atoms with Crippen LogP contribution < -0.4 is 15.7 Å². The summed E-state index contributed by atoms with van der Waals surface area (Å²) in [7, 11) is 1.42. The van der Waals surface area contributed by atoms with Crippen LogP contribution in [0.4, 0.5) is 5.69 Å². The number of rotatable bonds is 7. The van der Waals surface area contributed by atoms with Crippen LogP contribution in [0.15, 0.2) is 21.3 Å². The van der Waals surface area contributed by atoms with Gasteiger partial charge in [-0.3, -0.25) is 4.79 Å². The Morgan fingerprint density at radius 2 is 1.97 bits per heavy atom. The number of hydrogen-bond acceptors (Lipinski definition) is 9. The van der Waals surface area contributed by atoms with E-state index in [4.69, 9.17) is 18.6 Å². The lowest BCUT2D eigenvalue weighted by Gasteiger charge is -2.46. The van der Waals surface area contributed by atoms with Gasteiger partial charge in [-0.25, -0.2) is 4.79 Å². The number of aryl methyl sites for hydroxylation is 1. The molecule has 10 nitrogen and oxygen atoms in total. The molecule has 1 saturated heterocycles. The Kier molecular flexibility index (Phi) is 6.85. The Bertz CT molecular complexity index is 1170. The molecular formula is C25H33NO9. The molecule has 2 heterocycles. The smallest absolute Gasteiger partial charge is 0.364 e. The van der Waals surface area contributed by atoms with Gasteiger partial charge in [0.2, 0.25) is 12.2 Å². The Morgan fingerprint density at radius 1 is 1.26 bits per heavy atom. The molecule has 35 heavy (non-hydrogen) atoms. The van der Waals surface area contributed by atoms with Gasteiger partial charge in [0.05, 0.1) is 11.0 Å². The van der Waals surface area contributed by atoms with Crippen molar-refractivity contribution in [2.75, 3.05) is 12.4 Å². The highest BCUT2D eigenvalue weighted by Gasteiger charge is 2.50. The zero-order chi connectivity index (χ0) is 25.7. The number of carbonyl (C=O) groups is 1. The van der Waals surface area contributed by atoms with Crippen LogP contribution in [-0.4, -0.2) is 58.5 Å². The summed E-state index contributed by atoms with van der Waals surface area (Å²) >= 11 is 0. The number of nitrogens with one attached hydrogen (secondary N) is 1. The molecule has 4 rings (SSSR count). The van der Waals surface area contributed by atoms with Crippen LogP contribution in [0.2, 0.25) is 0 Å². The molecule has 2 fully saturated rings. The van der Waals surface area contributed by atoms with E-state index in [-0.39, 0.29) is 40.0 Å². The zero-order valence-corrected chi connectivity index (χ0v) is 20.5. The summed E-state index contributed by atoms with van der Waals surface area (Å²) in [5.74, 6) is -0.334. The molecule has 1 saturated carbocycles. The predicted octanol–water partition coefficient (Wildman–Crippen LogP) is 2.43. The molecule has 2 aromatic rings. The van der Waals surface area contributed by atoms with Crippen LogP contribution in [0, 0.1) is 18.8 Å². The normalized spacial score (nSPS) is 29.7. The summed E-state index contributed by atoms with van der Waals surface area (Å²) in [5, 5.41) is 34.5. The van der Waals surface area contributed by atoms with E-state index in [0.29, 0.717) is 11.5 Å². The van der Waals surface area contributed by atoms with Gasteiger partial charge in [0.25, 0.3) is 0 Å². The number of aromatic hydroxyl groups is 1. The number of carbonyl (C=O) groups excluding carboxylic acids is 1. The number of amides is 1. The third-order valence-corrected chi connectivity index (χ3v) is 6.96. The summed E-state index contributed by atoms with van der Waals surface area (Å²) in [6.45, 7) is 7.09. The van der Waals surface area contributed by atoms with Gasteiger partial charge in [-0.15, -0.1) is 0 Å². The molecular weight excluding hydrogens is 458 g/mol. The summed E-state index contributed by atoms with van der Waals surface area (Å²) in [6, 6.07) is 3.01. The van der Waals surface area contributed by atoms with Crippen molar-refractivity contribution < 1.29 is 38.7 Å². The fourth-order valence-corrected chi connectivity index (χ4v) is 4.91. The van der Waals surface area contributed by atoms with Crippen LogP contribution in [0.1, 0.15) is 45.6 Å². The Labute approximate surface area is 202 Å². The van der Waals surface area contributed by atoms with Crippen LogP contribution in [0.3, 0.4) is 0 Å². The number of hydrogen-bond donors (Lipinski definition) is 4. The molecule has 0 radical (unpaired) electrons. The van der Waals surface area contributed by atoms with E-state index in [1.807, 2.05) is 0 Å². The fourth-order valence-electron chi connectivity index (χ4n) is 4.91. The molecule has 0 spiro atoms. The van der Waals surface area contributed by atoms with Crippen molar-refractivity contribution in [2.24, 2.45) is 11.8 Å². The number of benzene rings is 1. The fraction of sp³-hybridized carbons (Fsp3) is 0.600. The average molecular weight is 492 g/mol. The molecule has 4 N–H and O–H groups in total. The standard InChI is InChI=1S/C25H33NO9/c1-6-7-12-10-14(12)22(30)26-16-17(27)13-8-9-15(11(2)20(13)34-23(16)31)33-24-19(29)18(28)21(32-5)25(3,4)35-24/h8-9,12,14,18-19,21,24,27-29H,6-7,10H2,1-5H3,(H,26,30)/t12?,14?,18-,19-,21-,24-/m1/s1. The van der Waals surface area contributed by atoms with E-state index in [2.05, 4.69) is 12.2 Å². The van der Waals surface area contributed by atoms with Gasteiger partial charge in [-0.1, -0.05) is 13.3 Å². The van der Waals surface area contributed by atoms with Crippen LogP contribution in [0.5, 0.6) is 11.5 Å². The number of fused-ring (bicyclic) bond motifs is 1. The average Bonchev–Trinajstić information content (AvgIpc) is 3.56. The van der Waals surface area contributed by atoms with Crippen molar-refractivity contribution in [2.45, 2.75) is 77.2 Å². The van der Waals surface area contributed by atoms with Crippen LogP contribution >= 0.6 is 0 Å². The van der Waals surface area contributed by atoms with E-state index in [9.17, 15) is 24.9 Å². The summed E-state index contributed by atoms with van der Waals surface area (Å²) < 4.78 is 22.4. The van der Waals surface area contributed by atoms with E-state index in [0.717, 1.165) is 19.3 Å². The van der Waals surface area contributed by atoms with Crippen molar-refractivity contribution in [1.29, 1.82) is 0 Å². The van der Waals surface area contributed by atoms with Gasteiger partial charge >= 0.3 is 5.63 Å². The third kappa shape index (κ3) is 4.63. The predicted molar refractivity (Wildman–Crippen MR) is 126 cm³/mol. The quantitative estimate of drug-likeness (QED) is 0.429. The molecule has 192 valence electrons. The van der Waals surface area contributed by atoms with Gasteiger partial charge in [0.15, 0.2) is 11.4 Å². The van der Waals surface area contributed by atoms with E-state index in [1.165, 1.54) is 19.2 Å². The van der Waals surface area contributed by atoms with Crippen molar-refractivity contribution in [3.05, 3.63) is 28.1 Å². The lowest BCUT2D eigenvalue weighted by Crippen LogP contribution is -2.63. The Morgan fingerprint density at radius 3 is 2.63 bits per heavy atom. The van der Waals surface area contributed by atoms with Crippen molar-refractivity contribution in [3.63, 3.8) is 0 Å². The summed E-state index contributed by atoms with van der Waals surface area (Å²) in [5.41, 5.74) is -1.70. The SMILES string of the molecule is CCCC1CC1C(=O)Nc1c(O)c2ccc(O[C@@H]3OC(C)(C)[C@H](OC)[C@H](O)[C@H]3O)c(C)c2oc1=O. The first-order chi connectivity index (χ1) is 16.5. The second kappa shape index (κ2) is 9.42. The molecule has 6 atom stereocenters. The molecule has 1 amide bonds. The van der Waals surface area contributed by atoms with Gasteiger partial charge < -0.3 is 39.3 Å². The molecule has 2 aliphatic rings. The van der Waals surface area contributed by atoms with Crippen LogP contribution in [0.25, 0.3) is 11.0 Å². The van der Waals surface area contributed by atoms with Gasteiger partial charge in [0.1, 0.15) is 29.6 Å². The lowest BCUT2D eigenvalue weighted by atomic mass is 9.89. The van der Waals surface area contributed by atoms with Crippen LogP contribution in [-0.2, 0) is 14.3 Å². The Hall–Kier alpha value is -2.66. The number of methoxy groups -OCH3 is 1. The Balaban J connectivity index is 1.59. The number of aliphatic hydroxyl groups is 2. The highest BCUT2D eigenvalue weighted by atomic mass is 16.7. The molecule has 10 heteroatoms. The molecule has 1 aliphatic carbocycles. The minimum absolute atomic E-state index is 0.0677.